The van der Waals surface area contributed by atoms with Crippen LogP contribution in [0.5, 0.6) is 11.5 Å². The first-order valence-electron chi connectivity index (χ1n) is 13.9. The summed E-state index contributed by atoms with van der Waals surface area (Å²) in [5, 5.41) is 16.4. The van der Waals surface area contributed by atoms with Crippen molar-refractivity contribution in [3.8, 4) is 11.5 Å². The molecule has 11 nitrogen and oxygen atoms in total. The lowest BCUT2D eigenvalue weighted by Crippen LogP contribution is -2.21. The summed E-state index contributed by atoms with van der Waals surface area (Å²) in [6.07, 6.45) is -3.12. The van der Waals surface area contributed by atoms with Crippen molar-refractivity contribution in [2.75, 3.05) is 37.9 Å². The van der Waals surface area contributed by atoms with Gasteiger partial charge in [-0.1, -0.05) is 31.2 Å². The zero-order valence-corrected chi connectivity index (χ0v) is 25.1. The quantitative estimate of drug-likeness (QED) is 0.155. The van der Waals surface area contributed by atoms with Gasteiger partial charge in [0, 0.05) is 17.8 Å². The predicted octanol–water partition coefficient (Wildman–Crippen LogP) is 5.49. The maximum absolute atomic E-state index is 13.3. The Hall–Kier alpha value is -5.37. The van der Waals surface area contributed by atoms with Crippen LogP contribution in [0.4, 0.5) is 24.5 Å². The third-order valence-electron chi connectivity index (χ3n) is 6.35. The molecule has 46 heavy (non-hydrogen) atoms. The monoisotopic (exact) mass is 643 g/mol. The first kappa shape index (κ1) is 35.1. The maximum Gasteiger partial charge on any atom is 0.490 e. The number of benzene rings is 3. The van der Waals surface area contributed by atoms with Crippen LogP contribution in [0, 0.1) is 0 Å². The molecule has 0 spiro atoms. The van der Waals surface area contributed by atoms with Crippen molar-refractivity contribution in [2.24, 2.45) is 0 Å². The summed E-state index contributed by atoms with van der Waals surface area (Å²) < 4.78 is 48.1. The summed E-state index contributed by atoms with van der Waals surface area (Å²) in [4.78, 5) is 47.8. The second-order valence-corrected chi connectivity index (χ2v) is 9.63. The molecule has 2 amide bonds. The second kappa shape index (κ2) is 16.1. The number of rotatable bonds is 11. The van der Waals surface area contributed by atoms with Gasteiger partial charge >= 0.3 is 12.1 Å². The summed E-state index contributed by atoms with van der Waals surface area (Å²) in [7, 11) is 2.90. The number of alkyl halides is 3. The number of amides is 2. The van der Waals surface area contributed by atoms with Gasteiger partial charge in [0.15, 0.2) is 22.7 Å². The van der Waals surface area contributed by atoms with E-state index in [2.05, 4.69) is 22.9 Å². The highest BCUT2D eigenvalue weighted by Gasteiger charge is 2.38. The molecule has 0 aliphatic heterocycles. The molecular weight excluding hydrogens is 611 g/mol. The number of hydrogen-bond donors (Lipinski definition) is 4. The zero-order valence-electron chi connectivity index (χ0n) is 25.1. The van der Waals surface area contributed by atoms with E-state index < -0.39 is 24.0 Å². The number of fused-ring (bicyclic) bond motifs is 1. The van der Waals surface area contributed by atoms with Crippen LogP contribution in [0.3, 0.4) is 0 Å². The number of hydrogen-bond acceptors (Lipinski definition) is 8. The number of para-hydroxylation sites is 1. The summed E-state index contributed by atoms with van der Waals surface area (Å²) in [6, 6.07) is 18.3. The van der Waals surface area contributed by atoms with E-state index in [1.54, 1.807) is 24.3 Å². The first-order chi connectivity index (χ1) is 21.9. The van der Waals surface area contributed by atoms with E-state index in [0.29, 0.717) is 22.6 Å². The predicted molar refractivity (Wildman–Crippen MR) is 165 cm³/mol. The molecule has 1 heterocycles. The van der Waals surface area contributed by atoms with Gasteiger partial charge in [-0.2, -0.15) is 13.2 Å². The molecule has 244 valence electrons. The molecule has 0 aliphatic carbocycles. The fraction of sp³-hybridized carbons (Fsp3) is 0.250. The highest BCUT2D eigenvalue weighted by Crippen LogP contribution is 2.34. The Morgan fingerprint density at radius 2 is 1.50 bits per heavy atom. The SMILES string of the molecule is CCCNCCc1ccc(NC(=O)c2cc(OC)c(OC)cc2NC(=O)c2cc(=O)c3ccccc3o2)cc1.O=C(O)C(F)(F)F. The van der Waals surface area contributed by atoms with Gasteiger partial charge in [-0.3, -0.25) is 14.4 Å². The number of halogens is 3. The van der Waals surface area contributed by atoms with Crippen LogP contribution in [0.15, 0.2) is 75.9 Å². The largest absolute Gasteiger partial charge is 0.493 e. The first-order valence-corrected chi connectivity index (χ1v) is 13.9. The molecule has 0 saturated heterocycles. The van der Waals surface area contributed by atoms with E-state index >= 15 is 0 Å². The Labute approximate surface area is 261 Å². The standard InChI is InChI=1S/C30H31N3O6.C2HF3O2/c1-4-14-31-15-13-19-9-11-20(12-10-19)32-29(35)22-16-26(37-2)27(38-3)17-23(22)33-30(36)28-18-24(34)21-7-5-6-8-25(21)39-28;3-2(4,5)1(6)7/h5-12,16-18,31H,4,13-15H2,1-3H3,(H,32,35)(H,33,36);(H,6,7). The van der Waals surface area contributed by atoms with Gasteiger partial charge in [-0.05, 0) is 61.8 Å². The number of methoxy groups -OCH3 is 2. The minimum atomic E-state index is -5.08. The average molecular weight is 644 g/mol. The number of carbonyl (C=O) groups is 3. The zero-order chi connectivity index (χ0) is 33.9. The van der Waals surface area contributed by atoms with E-state index in [1.165, 1.54) is 26.4 Å². The van der Waals surface area contributed by atoms with Crippen molar-refractivity contribution in [3.63, 3.8) is 0 Å². The van der Waals surface area contributed by atoms with Crippen molar-refractivity contribution in [1.29, 1.82) is 0 Å². The second-order valence-electron chi connectivity index (χ2n) is 9.63. The van der Waals surface area contributed by atoms with Crippen molar-refractivity contribution < 1.29 is 46.6 Å². The Morgan fingerprint density at radius 1 is 0.870 bits per heavy atom. The molecule has 0 saturated carbocycles. The van der Waals surface area contributed by atoms with Crippen molar-refractivity contribution in [1.82, 2.24) is 5.32 Å². The highest BCUT2D eigenvalue weighted by atomic mass is 19.4. The smallest absolute Gasteiger partial charge is 0.490 e. The third kappa shape index (κ3) is 9.56. The Bertz CT molecular complexity index is 1740. The van der Waals surface area contributed by atoms with E-state index in [-0.39, 0.29) is 28.0 Å². The molecule has 1 aromatic heterocycles. The summed E-state index contributed by atoms with van der Waals surface area (Å²) >= 11 is 0. The van der Waals surface area contributed by atoms with E-state index in [4.69, 9.17) is 23.8 Å². The molecule has 0 unspecified atom stereocenters. The fourth-order valence-corrected chi connectivity index (χ4v) is 4.06. The molecule has 0 radical (unpaired) electrons. The van der Waals surface area contributed by atoms with Gasteiger partial charge < -0.3 is 34.9 Å². The lowest BCUT2D eigenvalue weighted by Gasteiger charge is -2.16. The lowest BCUT2D eigenvalue weighted by atomic mass is 10.1. The number of carboxylic acid groups (broad SMARTS) is 1. The molecule has 14 heteroatoms. The van der Waals surface area contributed by atoms with E-state index in [1.807, 2.05) is 24.3 Å². The van der Waals surface area contributed by atoms with Gasteiger partial charge in [-0.15, -0.1) is 0 Å². The third-order valence-corrected chi connectivity index (χ3v) is 6.35. The number of ether oxygens (including phenoxy) is 2. The number of nitrogens with one attached hydrogen (secondary N) is 3. The van der Waals surface area contributed by atoms with Crippen molar-refractivity contribution in [2.45, 2.75) is 25.9 Å². The van der Waals surface area contributed by atoms with Gasteiger partial charge in [-0.25, -0.2) is 4.79 Å². The highest BCUT2D eigenvalue weighted by molar-refractivity contribution is 6.12. The topological polar surface area (TPSA) is 156 Å². The molecular formula is C32H32F3N3O8. The van der Waals surface area contributed by atoms with E-state index in [9.17, 15) is 27.6 Å². The van der Waals surface area contributed by atoms with Crippen LogP contribution < -0.4 is 30.9 Å². The molecule has 0 bridgehead atoms. The normalized spacial score (nSPS) is 10.8. The molecule has 0 atom stereocenters. The van der Waals surface area contributed by atoms with Crippen LogP contribution in [-0.4, -0.2) is 56.4 Å². The van der Waals surface area contributed by atoms with Crippen LogP contribution in [0.2, 0.25) is 0 Å². The van der Waals surface area contributed by atoms with Crippen LogP contribution in [0.1, 0.15) is 39.8 Å². The Balaban J connectivity index is 0.000000738. The molecule has 3 aromatic carbocycles. The Morgan fingerprint density at radius 3 is 2.11 bits per heavy atom. The lowest BCUT2D eigenvalue weighted by molar-refractivity contribution is -0.192. The molecule has 4 aromatic rings. The number of carboxylic acids is 1. The van der Waals surface area contributed by atoms with Gasteiger partial charge in [0.2, 0.25) is 0 Å². The van der Waals surface area contributed by atoms with Gasteiger partial charge in [0.25, 0.3) is 11.8 Å². The summed E-state index contributed by atoms with van der Waals surface area (Å²) in [5.74, 6) is -3.49. The minimum absolute atomic E-state index is 0.136. The molecule has 4 N–H and O–H groups in total. The molecule has 0 aliphatic rings. The Kier molecular flexibility index (Phi) is 12.3. The van der Waals surface area contributed by atoms with Gasteiger partial charge in [0.05, 0.1) is 30.9 Å². The maximum atomic E-state index is 13.3. The summed E-state index contributed by atoms with van der Waals surface area (Å²) in [6.45, 7) is 3.98. The van der Waals surface area contributed by atoms with Crippen molar-refractivity contribution in [3.05, 3.63) is 93.8 Å². The van der Waals surface area contributed by atoms with Crippen molar-refractivity contribution >= 4 is 40.1 Å². The number of anilines is 2. The molecule has 0 fully saturated rings. The number of carbonyl (C=O) groups excluding carboxylic acids is 2. The number of aliphatic carboxylic acids is 1. The van der Waals surface area contributed by atoms with Crippen LogP contribution in [0.25, 0.3) is 11.0 Å². The summed E-state index contributed by atoms with van der Waals surface area (Å²) in [5.41, 5.74) is 1.97. The minimum Gasteiger partial charge on any atom is -0.493 e. The average Bonchev–Trinajstić information content (AvgIpc) is 3.03. The fourth-order valence-electron chi connectivity index (χ4n) is 4.06. The van der Waals surface area contributed by atoms with E-state index in [0.717, 1.165) is 37.6 Å². The van der Waals surface area contributed by atoms with Crippen LogP contribution >= 0.6 is 0 Å². The van der Waals surface area contributed by atoms with Crippen LogP contribution in [-0.2, 0) is 11.2 Å². The van der Waals surface area contributed by atoms with Gasteiger partial charge in [0.1, 0.15) is 5.58 Å². The molecule has 4 rings (SSSR count).